The van der Waals surface area contributed by atoms with Gasteiger partial charge in [0.1, 0.15) is 0 Å². The Labute approximate surface area is 110 Å². The van der Waals surface area contributed by atoms with Crippen molar-refractivity contribution < 1.29 is 4.79 Å². The van der Waals surface area contributed by atoms with E-state index in [2.05, 4.69) is 24.0 Å². The summed E-state index contributed by atoms with van der Waals surface area (Å²) in [6, 6.07) is 10.2. The molecule has 98 valence electrons. The highest BCUT2D eigenvalue weighted by molar-refractivity contribution is 5.85. The van der Waals surface area contributed by atoms with E-state index in [-0.39, 0.29) is 0 Å². The lowest BCUT2D eigenvalue weighted by Crippen LogP contribution is -2.33. The first-order valence-corrected chi connectivity index (χ1v) is 7.14. The Morgan fingerprint density at radius 2 is 1.83 bits per heavy atom. The molecule has 18 heavy (non-hydrogen) atoms. The molecule has 0 N–H and O–H groups in total. The molecule has 1 aromatic rings. The molecule has 1 fully saturated rings. The first-order valence-electron chi connectivity index (χ1n) is 7.14. The number of nitrogens with zero attached hydrogens (tertiary/aromatic N) is 1. The number of ketones is 1. The molecule has 0 heterocycles. The molecule has 2 nitrogen and oxygen atoms in total. The van der Waals surface area contributed by atoms with Crippen molar-refractivity contribution in [2.24, 2.45) is 5.92 Å². The smallest absolute Gasteiger partial charge is 0.155 e. The Morgan fingerprint density at radius 1 is 1.17 bits per heavy atom. The second kappa shape index (κ2) is 6.58. The molecule has 0 amide bonds. The van der Waals surface area contributed by atoms with Gasteiger partial charge in [-0.1, -0.05) is 37.5 Å². The lowest BCUT2D eigenvalue weighted by atomic mass is 9.86. The molecule has 0 aliphatic heterocycles. The summed E-state index contributed by atoms with van der Waals surface area (Å²) in [5.74, 6) is 0.747. The zero-order valence-corrected chi connectivity index (χ0v) is 11.3. The molecule has 0 atom stereocenters. The van der Waals surface area contributed by atoms with Crippen LogP contribution in [0, 0.1) is 5.92 Å². The van der Waals surface area contributed by atoms with Crippen molar-refractivity contribution in [3.63, 3.8) is 0 Å². The predicted octanol–water partition coefficient (Wildman–Crippen LogP) is 3.66. The van der Waals surface area contributed by atoms with E-state index in [0.717, 1.165) is 25.1 Å². The highest BCUT2D eigenvalue weighted by Crippen LogP contribution is 2.25. The number of Topliss-reactive ketones (excluding diaryl/α,β-unsaturated/α-hetero) is 1. The number of hydrogen-bond acceptors (Lipinski definition) is 2. The van der Waals surface area contributed by atoms with Crippen molar-refractivity contribution in [1.29, 1.82) is 0 Å². The highest BCUT2D eigenvalue weighted by Gasteiger charge is 2.22. The minimum atomic E-state index is 0.316. The Bertz CT molecular complexity index is 368. The molecular formula is C16H23NO. The maximum absolute atomic E-state index is 12.3. The third-order valence-electron chi connectivity index (χ3n) is 3.91. The van der Waals surface area contributed by atoms with E-state index in [1.165, 1.54) is 19.3 Å². The summed E-state index contributed by atoms with van der Waals surface area (Å²) in [4.78, 5) is 14.5. The van der Waals surface area contributed by atoms with E-state index >= 15 is 0 Å². The second-order valence-corrected chi connectivity index (χ2v) is 5.15. The molecule has 0 bridgehead atoms. The van der Waals surface area contributed by atoms with Crippen molar-refractivity contribution in [2.75, 3.05) is 18.0 Å². The molecule has 1 aliphatic carbocycles. The Morgan fingerprint density at radius 3 is 2.44 bits per heavy atom. The van der Waals surface area contributed by atoms with Gasteiger partial charge in [0.05, 0.1) is 6.54 Å². The maximum Gasteiger partial charge on any atom is 0.155 e. The highest BCUT2D eigenvalue weighted by atomic mass is 16.1. The standard InChI is InChI=1S/C16H23NO/c1-2-17(15-11-7-4-8-12-15)13-16(18)14-9-5-3-6-10-14/h4,7-8,11-12,14H,2-3,5-6,9-10,13H2,1H3. The van der Waals surface area contributed by atoms with Gasteiger partial charge in [0.25, 0.3) is 0 Å². The van der Waals surface area contributed by atoms with Gasteiger partial charge < -0.3 is 4.90 Å². The van der Waals surface area contributed by atoms with Crippen LogP contribution in [-0.4, -0.2) is 18.9 Å². The van der Waals surface area contributed by atoms with Crippen LogP contribution in [-0.2, 0) is 4.79 Å². The molecule has 1 saturated carbocycles. The molecule has 1 aromatic carbocycles. The second-order valence-electron chi connectivity index (χ2n) is 5.15. The zero-order valence-electron chi connectivity index (χ0n) is 11.3. The topological polar surface area (TPSA) is 20.3 Å². The number of carbonyl (C=O) groups is 1. The number of carbonyl (C=O) groups excluding carboxylic acids is 1. The zero-order chi connectivity index (χ0) is 12.8. The number of likely N-dealkylation sites (N-methyl/N-ethyl adjacent to an activating group) is 1. The lowest BCUT2D eigenvalue weighted by molar-refractivity contribution is -0.122. The summed E-state index contributed by atoms with van der Waals surface area (Å²) in [5.41, 5.74) is 1.16. The SMILES string of the molecule is CCN(CC(=O)C1CCCCC1)c1ccccc1. The van der Waals surface area contributed by atoms with Crippen LogP contribution in [0.1, 0.15) is 39.0 Å². The third kappa shape index (κ3) is 3.34. The molecular weight excluding hydrogens is 222 g/mol. The van der Waals surface area contributed by atoms with Gasteiger partial charge in [-0.15, -0.1) is 0 Å². The molecule has 0 radical (unpaired) electrons. The van der Waals surface area contributed by atoms with Crippen LogP contribution >= 0.6 is 0 Å². The summed E-state index contributed by atoms with van der Waals surface area (Å²) in [6.45, 7) is 3.58. The van der Waals surface area contributed by atoms with Crippen LogP contribution in [0.3, 0.4) is 0 Å². The summed E-state index contributed by atoms with van der Waals surface area (Å²) in [7, 11) is 0. The number of benzene rings is 1. The van der Waals surface area contributed by atoms with E-state index in [4.69, 9.17) is 0 Å². The van der Waals surface area contributed by atoms with Crippen molar-refractivity contribution >= 4 is 11.5 Å². The number of anilines is 1. The fourth-order valence-electron chi connectivity index (χ4n) is 2.77. The Balaban J connectivity index is 1.95. The van der Waals surface area contributed by atoms with Crippen LogP contribution in [0.2, 0.25) is 0 Å². The van der Waals surface area contributed by atoms with Crippen LogP contribution in [0.4, 0.5) is 5.69 Å². The molecule has 0 spiro atoms. The van der Waals surface area contributed by atoms with Crippen LogP contribution in [0.25, 0.3) is 0 Å². The van der Waals surface area contributed by atoms with Crippen LogP contribution < -0.4 is 4.90 Å². The van der Waals surface area contributed by atoms with E-state index in [1.54, 1.807) is 0 Å². The molecule has 2 rings (SSSR count). The maximum atomic E-state index is 12.3. The Hall–Kier alpha value is -1.31. The summed E-state index contributed by atoms with van der Waals surface area (Å²) in [6.07, 6.45) is 5.97. The van der Waals surface area contributed by atoms with Gasteiger partial charge in [-0.2, -0.15) is 0 Å². The lowest BCUT2D eigenvalue weighted by Gasteiger charge is -2.26. The summed E-state index contributed by atoms with van der Waals surface area (Å²) < 4.78 is 0. The quantitative estimate of drug-likeness (QED) is 0.789. The molecule has 0 aromatic heterocycles. The van der Waals surface area contributed by atoms with Gasteiger partial charge in [0, 0.05) is 18.2 Å². The minimum absolute atomic E-state index is 0.316. The third-order valence-corrected chi connectivity index (χ3v) is 3.91. The first kappa shape index (κ1) is 13.1. The number of para-hydroxylation sites is 1. The Kier molecular flexibility index (Phi) is 4.80. The van der Waals surface area contributed by atoms with Crippen molar-refractivity contribution in [3.8, 4) is 0 Å². The summed E-state index contributed by atoms with van der Waals surface area (Å²) >= 11 is 0. The van der Waals surface area contributed by atoms with Gasteiger partial charge in [-0.3, -0.25) is 4.79 Å². The number of hydrogen-bond donors (Lipinski definition) is 0. The molecule has 1 aliphatic rings. The van der Waals surface area contributed by atoms with Gasteiger partial charge >= 0.3 is 0 Å². The monoisotopic (exact) mass is 245 g/mol. The van der Waals surface area contributed by atoms with Crippen molar-refractivity contribution in [3.05, 3.63) is 30.3 Å². The predicted molar refractivity (Wildman–Crippen MR) is 75.9 cm³/mol. The van der Waals surface area contributed by atoms with E-state index in [0.29, 0.717) is 18.2 Å². The van der Waals surface area contributed by atoms with Crippen molar-refractivity contribution in [2.45, 2.75) is 39.0 Å². The van der Waals surface area contributed by atoms with E-state index in [9.17, 15) is 4.79 Å². The number of rotatable bonds is 5. The average Bonchev–Trinajstić information content (AvgIpc) is 2.46. The normalized spacial score (nSPS) is 16.5. The van der Waals surface area contributed by atoms with Gasteiger partial charge in [-0.05, 0) is 31.9 Å². The van der Waals surface area contributed by atoms with Crippen LogP contribution in [0.15, 0.2) is 30.3 Å². The van der Waals surface area contributed by atoms with Gasteiger partial charge in [0.15, 0.2) is 5.78 Å². The largest absolute Gasteiger partial charge is 0.364 e. The summed E-state index contributed by atoms with van der Waals surface area (Å²) in [5, 5.41) is 0. The van der Waals surface area contributed by atoms with E-state index < -0.39 is 0 Å². The minimum Gasteiger partial charge on any atom is -0.364 e. The van der Waals surface area contributed by atoms with Crippen LogP contribution in [0.5, 0.6) is 0 Å². The molecule has 0 unspecified atom stereocenters. The first-order chi connectivity index (χ1) is 8.81. The fourth-order valence-corrected chi connectivity index (χ4v) is 2.77. The molecule has 0 saturated heterocycles. The van der Waals surface area contributed by atoms with Gasteiger partial charge in [-0.25, -0.2) is 0 Å². The van der Waals surface area contributed by atoms with Crippen molar-refractivity contribution in [1.82, 2.24) is 0 Å². The molecule has 2 heteroatoms. The average molecular weight is 245 g/mol. The fraction of sp³-hybridized carbons (Fsp3) is 0.562. The van der Waals surface area contributed by atoms with Gasteiger partial charge in [0.2, 0.25) is 0 Å². The van der Waals surface area contributed by atoms with E-state index in [1.807, 2.05) is 18.2 Å².